The van der Waals surface area contributed by atoms with Crippen LogP contribution in [0, 0.1) is 11.6 Å². The highest BCUT2D eigenvalue weighted by Crippen LogP contribution is 2.17. The summed E-state index contributed by atoms with van der Waals surface area (Å²) in [7, 11) is 0. The van der Waals surface area contributed by atoms with Crippen molar-refractivity contribution >= 4 is 11.7 Å². The van der Waals surface area contributed by atoms with Crippen molar-refractivity contribution in [2.75, 3.05) is 5.32 Å². The first-order valence-corrected chi connectivity index (χ1v) is 8.38. The molecule has 1 amide bonds. The molecule has 27 heavy (non-hydrogen) atoms. The quantitative estimate of drug-likeness (QED) is 0.671. The van der Waals surface area contributed by atoms with E-state index >= 15 is 0 Å². The Morgan fingerprint density at radius 2 is 1.52 bits per heavy atom. The predicted molar refractivity (Wildman–Crippen MR) is 98.2 cm³/mol. The zero-order chi connectivity index (χ0) is 19.2. The van der Waals surface area contributed by atoms with Crippen molar-refractivity contribution in [2.24, 2.45) is 5.73 Å². The SMILES string of the molecule is NC(=O)c1cncc(NC(Cc2ccccc2F)Cc2ccccc2F)n1. The number of nitrogens with one attached hydrogen (secondary N) is 1. The van der Waals surface area contributed by atoms with Crippen molar-refractivity contribution in [3.05, 3.63) is 89.4 Å². The fourth-order valence-electron chi connectivity index (χ4n) is 2.80. The highest BCUT2D eigenvalue weighted by Gasteiger charge is 2.16. The highest BCUT2D eigenvalue weighted by atomic mass is 19.1. The molecule has 5 nitrogen and oxygen atoms in total. The normalized spacial score (nSPS) is 10.8. The summed E-state index contributed by atoms with van der Waals surface area (Å²) in [6.07, 6.45) is 3.28. The van der Waals surface area contributed by atoms with Gasteiger partial charge in [0.05, 0.1) is 12.4 Å². The number of aromatic nitrogens is 2. The van der Waals surface area contributed by atoms with Crippen molar-refractivity contribution in [3.8, 4) is 0 Å². The van der Waals surface area contributed by atoms with Crippen LogP contribution < -0.4 is 11.1 Å². The molecule has 1 heterocycles. The van der Waals surface area contributed by atoms with E-state index in [-0.39, 0.29) is 23.4 Å². The number of carbonyl (C=O) groups is 1. The average molecular weight is 368 g/mol. The van der Waals surface area contributed by atoms with Crippen LogP contribution >= 0.6 is 0 Å². The molecular weight excluding hydrogens is 350 g/mol. The number of rotatable bonds is 7. The first kappa shape index (κ1) is 18.4. The average Bonchev–Trinajstić information content (AvgIpc) is 2.65. The monoisotopic (exact) mass is 368 g/mol. The van der Waals surface area contributed by atoms with Crippen LogP contribution in [0.1, 0.15) is 21.6 Å². The second-order valence-corrected chi connectivity index (χ2v) is 6.09. The number of hydrogen-bond donors (Lipinski definition) is 2. The van der Waals surface area contributed by atoms with E-state index in [0.717, 1.165) is 0 Å². The Bertz CT molecular complexity index is 901. The minimum atomic E-state index is -0.703. The van der Waals surface area contributed by atoms with Gasteiger partial charge in [-0.15, -0.1) is 0 Å². The molecule has 0 fully saturated rings. The van der Waals surface area contributed by atoms with Gasteiger partial charge >= 0.3 is 0 Å². The summed E-state index contributed by atoms with van der Waals surface area (Å²) in [6, 6.07) is 12.4. The second kappa shape index (κ2) is 8.35. The molecule has 138 valence electrons. The maximum absolute atomic E-state index is 14.1. The Morgan fingerprint density at radius 1 is 0.963 bits per heavy atom. The Balaban J connectivity index is 1.87. The molecule has 0 saturated carbocycles. The molecule has 3 aromatic rings. The van der Waals surface area contributed by atoms with E-state index in [1.54, 1.807) is 36.4 Å². The van der Waals surface area contributed by atoms with Crippen molar-refractivity contribution < 1.29 is 13.6 Å². The zero-order valence-electron chi connectivity index (χ0n) is 14.4. The molecule has 0 radical (unpaired) electrons. The summed E-state index contributed by atoms with van der Waals surface area (Å²) < 4.78 is 28.2. The van der Waals surface area contributed by atoms with Crippen LogP contribution in [-0.2, 0) is 12.8 Å². The molecule has 0 unspecified atom stereocenters. The molecule has 1 aromatic heterocycles. The molecule has 3 N–H and O–H groups in total. The largest absolute Gasteiger partial charge is 0.365 e. The van der Waals surface area contributed by atoms with Crippen LogP contribution in [0.2, 0.25) is 0 Å². The molecule has 0 aliphatic rings. The predicted octanol–water partition coefficient (Wildman–Crippen LogP) is 3.12. The molecule has 0 spiro atoms. The molecular formula is C20H18F2N4O. The summed E-state index contributed by atoms with van der Waals surface area (Å²) in [5, 5.41) is 3.11. The molecule has 0 aliphatic heterocycles. The van der Waals surface area contributed by atoms with E-state index in [2.05, 4.69) is 15.3 Å². The molecule has 0 atom stereocenters. The topological polar surface area (TPSA) is 80.9 Å². The first-order chi connectivity index (χ1) is 13.0. The van der Waals surface area contributed by atoms with Crippen LogP contribution in [0.4, 0.5) is 14.6 Å². The van der Waals surface area contributed by atoms with E-state index in [4.69, 9.17) is 5.73 Å². The lowest BCUT2D eigenvalue weighted by Gasteiger charge is -2.20. The van der Waals surface area contributed by atoms with Crippen molar-refractivity contribution in [3.63, 3.8) is 0 Å². The summed E-state index contributed by atoms with van der Waals surface area (Å²) in [5.74, 6) is -1.07. The Kier molecular flexibility index (Phi) is 5.71. The number of amides is 1. The number of nitrogens with two attached hydrogens (primary N) is 1. The third kappa shape index (κ3) is 4.84. The Hall–Kier alpha value is -3.35. The van der Waals surface area contributed by atoms with Gasteiger partial charge in [0.2, 0.25) is 0 Å². The maximum Gasteiger partial charge on any atom is 0.268 e. The van der Waals surface area contributed by atoms with Crippen LogP contribution in [0.25, 0.3) is 0 Å². The minimum Gasteiger partial charge on any atom is -0.365 e. The summed E-state index contributed by atoms with van der Waals surface area (Å²) in [5.41, 5.74) is 6.22. The molecule has 0 bridgehead atoms. The first-order valence-electron chi connectivity index (χ1n) is 8.38. The summed E-state index contributed by atoms with van der Waals surface area (Å²) in [4.78, 5) is 19.3. The molecule has 0 saturated heterocycles. The standard InChI is InChI=1S/C20H18F2N4O/c21-16-7-3-1-5-13(16)9-15(10-14-6-2-4-8-17(14)22)25-19-12-24-11-18(26-19)20(23)27/h1-8,11-12,15H,9-10H2,(H2,23,27)(H,25,26). The second-order valence-electron chi connectivity index (χ2n) is 6.09. The number of primary amides is 1. The molecule has 3 rings (SSSR count). The van der Waals surface area contributed by atoms with Crippen LogP contribution in [0.3, 0.4) is 0 Å². The number of benzene rings is 2. The van der Waals surface area contributed by atoms with Gasteiger partial charge < -0.3 is 11.1 Å². The van der Waals surface area contributed by atoms with Gasteiger partial charge in [0.25, 0.3) is 5.91 Å². The van der Waals surface area contributed by atoms with Gasteiger partial charge in [0.1, 0.15) is 23.1 Å². The van der Waals surface area contributed by atoms with E-state index in [1.165, 1.54) is 24.5 Å². The molecule has 2 aromatic carbocycles. The van der Waals surface area contributed by atoms with Gasteiger partial charge in [-0.3, -0.25) is 9.78 Å². The van der Waals surface area contributed by atoms with E-state index in [1.807, 2.05) is 0 Å². The number of hydrogen-bond acceptors (Lipinski definition) is 4. The van der Waals surface area contributed by atoms with Crippen molar-refractivity contribution in [2.45, 2.75) is 18.9 Å². The van der Waals surface area contributed by atoms with Gasteiger partial charge in [-0.2, -0.15) is 0 Å². The fraction of sp³-hybridized carbons (Fsp3) is 0.150. The maximum atomic E-state index is 14.1. The third-order valence-electron chi connectivity index (χ3n) is 4.09. The lowest BCUT2D eigenvalue weighted by atomic mass is 9.98. The lowest BCUT2D eigenvalue weighted by Crippen LogP contribution is -2.27. The van der Waals surface area contributed by atoms with Gasteiger partial charge in [-0.25, -0.2) is 13.8 Å². The number of carbonyl (C=O) groups excluding carboxylic acids is 1. The zero-order valence-corrected chi connectivity index (χ0v) is 14.4. The Labute approximate surface area is 155 Å². The number of halogens is 2. The third-order valence-corrected chi connectivity index (χ3v) is 4.09. The number of nitrogens with zero attached hydrogens (tertiary/aromatic N) is 2. The van der Waals surface area contributed by atoms with Crippen LogP contribution in [0.5, 0.6) is 0 Å². The number of anilines is 1. The molecule has 0 aliphatic carbocycles. The minimum absolute atomic E-state index is 0.00975. The fourth-order valence-corrected chi connectivity index (χ4v) is 2.80. The van der Waals surface area contributed by atoms with E-state index in [9.17, 15) is 13.6 Å². The van der Waals surface area contributed by atoms with Crippen molar-refractivity contribution in [1.29, 1.82) is 0 Å². The van der Waals surface area contributed by atoms with Gasteiger partial charge in [0, 0.05) is 6.04 Å². The molecule has 7 heteroatoms. The smallest absolute Gasteiger partial charge is 0.268 e. The van der Waals surface area contributed by atoms with Gasteiger partial charge in [-0.05, 0) is 36.1 Å². The van der Waals surface area contributed by atoms with E-state index < -0.39 is 5.91 Å². The lowest BCUT2D eigenvalue weighted by molar-refractivity contribution is 0.0995. The summed E-state index contributed by atoms with van der Waals surface area (Å²) in [6.45, 7) is 0. The van der Waals surface area contributed by atoms with Crippen LogP contribution in [0.15, 0.2) is 60.9 Å². The van der Waals surface area contributed by atoms with Crippen LogP contribution in [-0.4, -0.2) is 21.9 Å². The highest BCUT2D eigenvalue weighted by molar-refractivity contribution is 5.90. The Morgan fingerprint density at radius 3 is 2.04 bits per heavy atom. The van der Waals surface area contributed by atoms with Gasteiger partial charge in [0.15, 0.2) is 0 Å². The summed E-state index contributed by atoms with van der Waals surface area (Å²) >= 11 is 0. The van der Waals surface area contributed by atoms with E-state index in [0.29, 0.717) is 29.8 Å². The van der Waals surface area contributed by atoms with Crippen molar-refractivity contribution in [1.82, 2.24) is 9.97 Å². The van der Waals surface area contributed by atoms with Gasteiger partial charge in [-0.1, -0.05) is 36.4 Å².